The van der Waals surface area contributed by atoms with Crippen molar-refractivity contribution < 1.29 is 24.0 Å². The largest absolute Gasteiger partial charge is 0.368 e. The molecule has 0 bridgehead atoms. The van der Waals surface area contributed by atoms with Gasteiger partial charge < -0.3 is 32.0 Å². The molecule has 7 N–H and O–H groups in total. The summed E-state index contributed by atoms with van der Waals surface area (Å²) in [7, 11) is 1.45. The first-order valence-electron chi connectivity index (χ1n) is 14.4. The van der Waals surface area contributed by atoms with Crippen LogP contribution in [0.1, 0.15) is 31.4 Å². The van der Waals surface area contributed by atoms with Crippen LogP contribution >= 0.6 is 0 Å². The van der Waals surface area contributed by atoms with E-state index in [4.69, 9.17) is 11.5 Å². The van der Waals surface area contributed by atoms with Crippen molar-refractivity contribution in [3.05, 3.63) is 84.1 Å². The molecular weight excluding hydrogens is 560 g/mol. The molecule has 0 fully saturated rings. The molecule has 1 aromatic heterocycles. The average Bonchev–Trinajstić information content (AvgIpc) is 3.41. The minimum Gasteiger partial charge on any atom is -0.368 e. The number of Topliss-reactive ketones (excluding diaryl/α,β-unsaturated/α-hetero) is 1. The van der Waals surface area contributed by atoms with Crippen molar-refractivity contribution >= 4 is 51.1 Å². The molecule has 0 aliphatic carbocycles. The Morgan fingerprint density at radius 2 is 1.45 bits per heavy atom. The van der Waals surface area contributed by atoms with Crippen LogP contribution in [0.4, 0.5) is 0 Å². The summed E-state index contributed by atoms with van der Waals surface area (Å²) in [5.41, 5.74) is 14.5. The molecule has 4 atom stereocenters. The third kappa shape index (κ3) is 7.48. The molecular formula is C33H38N6O5. The molecule has 0 saturated heterocycles. The maximum absolute atomic E-state index is 13.3. The molecule has 0 saturated carbocycles. The highest BCUT2D eigenvalue weighted by Crippen LogP contribution is 2.21. The van der Waals surface area contributed by atoms with Gasteiger partial charge in [0.1, 0.15) is 23.9 Å². The fourth-order valence-corrected chi connectivity index (χ4v) is 5.23. The number of fused-ring (bicyclic) bond motifs is 2. The Morgan fingerprint density at radius 1 is 0.818 bits per heavy atom. The van der Waals surface area contributed by atoms with Gasteiger partial charge in [-0.1, -0.05) is 60.7 Å². The summed E-state index contributed by atoms with van der Waals surface area (Å²) in [5, 5.41) is 8.01. The number of nitrogens with zero attached hydrogens (tertiary/aromatic N) is 1. The number of primary amides is 1. The first kappa shape index (κ1) is 31.9. The van der Waals surface area contributed by atoms with E-state index in [1.807, 2.05) is 66.7 Å². The van der Waals surface area contributed by atoms with Crippen LogP contribution in [-0.4, -0.2) is 70.5 Å². The lowest BCUT2D eigenvalue weighted by molar-refractivity contribution is -0.140. The molecule has 3 aromatic carbocycles. The maximum Gasteiger partial charge on any atom is 0.243 e. The Morgan fingerprint density at radius 3 is 2.16 bits per heavy atom. The van der Waals surface area contributed by atoms with Crippen molar-refractivity contribution in [3.63, 3.8) is 0 Å². The van der Waals surface area contributed by atoms with Gasteiger partial charge in [0, 0.05) is 37.0 Å². The number of para-hydroxylation sites is 1. The van der Waals surface area contributed by atoms with Gasteiger partial charge in [-0.2, -0.15) is 0 Å². The van der Waals surface area contributed by atoms with E-state index in [2.05, 4.69) is 15.6 Å². The molecule has 0 unspecified atom stereocenters. The molecule has 4 amide bonds. The second kappa shape index (κ2) is 14.0. The summed E-state index contributed by atoms with van der Waals surface area (Å²) >= 11 is 0. The Hall–Kier alpha value is -5.03. The van der Waals surface area contributed by atoms with E-state index in [1.165, 1.54) is 25.8 Å². The summed E-state index contributed by atoms with van der Waals surface area (Å²) in [6.07, 6.45) is 1.85. The average molecular weight is 599 g/mol. The zero-order valence-electron chi connectivity index (χ0n) is 25.0. The van der Waals surface area contributed by atoms with E-state index >= 15 is 0 Å². The third-order valence-electron chi connectivity index (χ3n) is 7.83. The molecule has 4 aromatic rings. The van der Waals surface area contributed by atoms with Crippen LogP contribution in [0.5, 0.6) is 0 Å². The van der Waals surface area contributed by atoms with Gasteiger partial charge in [-0.05, 0) is 48.2 Å². The number of carbonyl (C=O) groups is 5. The van der Waals surface area contributed by atoms with Crippen molar-refractivity contribution in [2.24, 2.45) is 11.5 Å². The SMILES string of the molecule is CC(=O)C[C@H](NC(=O)[C@H](C)N(C)C(=O)[C@@H](N)Cc1c[nH]c2ccccc12)C(=O)N[C@@H](Cc1cccc2ccccc12)C(N)=O. The van der Waals surface area contributed by atoms with Crippen molar-refractivity contribution in [2.45, 2.75) is 57.3 Å². The summed E-state index contributed by atoms with van der Waals surface area (Å²) in [5.74, 6) is -2.98. The standard InChI is InChI=1S/C33H38N6O5/c1-19(40)15-29(32(43)37-28(30(35)41)17-22-11-8-10-21-9-4-5-12-24(21)22)38-31(42)20(2)39(3)33(44)26(34)16-23-18-36-27-14-7-6-13-25(23)27/h4-14,18,20,26,28-29,36H,15-17,34H2,1-3H3,(H2,35,41)(H,37,43)(H,38,42)/t20-,26-,28-,29-/m0/s1. The van der Waals surface area contributed by atoms with Gasteiger partial charge in [-0.25, -0.2) is 0 Å². The highest BCUT2D eigenvalue weighted by atomic mass is 16.2. The first-order valence-corrected chi connectivity index (χ1v) is 14.4. The number of nitrogens with one attached hydrogen (secondary N) is 3. The smallest absolute Gasteiger partial charge is 0.243 e. The summed E-state index contributed by atoms with van der Waals surface area (Å²) in [4.78, 5) is 68.5. The zero-order chi connectivity index (χ0) is 32.0. The van der Waals surface area contributed by atoms with Gasteiger partial charge in [-0.3, -0.25) is 24.0 Å². The van der Waals surface area contributed by atoms with Gasteiger partial charge >= 0.3 is 0 Å². The van der Waals surface area contributed by atoms with Gasteiger partial charge in [0.05, 0.1) is 6.04 Å². The highest BCUT2D eigenvalue weighted by molar-refractivity contribution is 5.97. The molecule has 11 nitrogen and oxygen atoms in total. The Kier molecular flexibility index (Phi) is 10.1. The Balaban J connectivity index is 1.42. The van der Waals surface area contributed by atoms with E-state index in [1.54, 1.807) is 6.20 Å². The number of ketones is 1. The van der Waals surface area contributed by atoms with Crippen molar-refractivity contribution in [1.82, 2.24) is 20.5 Å². The number of amides is 4. The van der Waals surface area contributed by atoms with Crippen LogP contribution in [0, 0.1) is 0 Å². The maximum atomic E-state index is 13.3. The minimum absolute atomic E-state index is 0.116. The van der Waals surface area contributed by atoms with Gasteiger partial charge in [0.2, 0.25) is 23.6 Å². The minimum atomic E-state index is -1.29. The van der Waals surface area contributed by atoms with Crippen LogP contribution in [-0.2, 0) is 36.8 Å². The topological polar surface area (TPSA) is 180 Å². The van der Waals surface area contributed by atoms with Gasteiger partial charge in [0.15, 0.2) is 0 Å². The van der Waals surface area contributed by atoms with Crippen LogP contribution in [0.3, 0.4) is 0 Å². The van der Waals surface area contributed by atoms with E-state index in [9.17, 15) is 24.0 Å². The Bertz CT molecular complexity index is 1690. The lowest BCUT2D eigenvalue weighted by Gasteiger charge is -2.28. The number of H-pyrrole nitrogens is 1. The Labute approximate surface area is 255 Å². The zero-order valence-corrected chi connectivity index (χ0v) is 25.0. The van der Waals surface area contributed by atoms with E-state index in [0.29, 0.717) is 0 Å². The number of nitrogens with two attached hydrogens (primary N) is 2. The van der Waals surface area contributed by atoms with Crippen LogP contribution in [0.2, 0.25) is 0 Å². The monoisotopic (exact) mass is 598 g/mol. The van der Waals surface area contributed by atoms with Crippen molar-refractivity contribution in [3.8, 4) is 0 Å². The number of hydrogen-bond donors (Lipinski definition) is 5. The predicted molar refractivity (Wildman–Crippen MR) is 168 cm³/mol. The van der Waals surface area contributed by atoms with Gasteiger partial charge in [-0.15, -0.1) is 0 Å². The lowest BCUT2D eigenvalue weighted by Crippen LogP contribution is -2.57. The van der Waals surface area contributed by atoms with E-state index in [-0.39, 0.29) is 25.0 Å². The molecule has 4 rings (SSSR count). The van der Waals surface area contributed by atoms with Crippen LogP contribution in [0.25, 0.3) is 21.7 Å². The number of benzene rings is 3. The number of rotatable bonds is 13. The molecule has 230 valence electrons. The van der Waals surface area contributed by atoms with Gasteiger partial charge in [0.25, 0.3) is 0 Å². The molecule has 0 aliphatic heterocycles. The molecule has 1 heterocycles. The lowest BCUT2D eigenvalue weighted by atomic mass is 9.98. The molecule has 0 aliphatic rings. The number of likely N-dealkylation sites (N-methyl/N-ethyl adjacent to an activating group) is 1. The molecule has 44 heavy (non-hydrogen) atoms. The highest BCUT2D eigenvalue weighted by Gasteiger charge is 2.32. The number of hydrogen-bond acceptors (Lipinski definition) is 6. The van der Waals surface area contributed by atoms with E-state index in [0.717, 1.165) is 32.8 Å². The number of aromatic amines is 1. The number of carbonyl (C=O) groups excluding carboxylic acids is 5. The summed E-state index contributed by atoms with van der Waals surface area (Å²) in [6.45, 7) is 2.79. The molecule has 0 spiro atoms. The second-order valence-electron chi connectivity index (χ2n) is 11.1. The molecule has 11 heteroatoms. The first-order chi connectivity index (χ1) is 21.0. The summed E-state index contributed by atoms with van der Waals surface area (Å²) in [6, 6.07) is 16.6. The predicted octanol–water partition coefficient (Wildman–Crippen LogP) is 1.71. The van der Waals surface area contributed by atoms with Crippen molar-refractivity contribution in [1.29, 1.82) is 0 Å². The van der Waals surface area contributed by atoms with E-state index < -0.39 is 47.8 Å². The summed E-state index contributed by atoms with van der Waals surface area (Å²) < 4.78 is 0. The normalized spacial score (nSPS) is 13.9. The quantitative estimate of drug-likeness (QED) is 0.156. The van der Waals surface area contributed by atoms with Crippen molar-refractivity contribution in [2.75, 3.05) is 7.05 Å². The van der Waals surface area contributed by atoms with Crippen LogP contribution in [0.15, 0.2) is 72.9 Å². The third-order valence-corrected chi connectivity index (χ3v) is 7.83. The fourth-order valence-electron chi connectivity index (χ4n) is 5.23. The fraction of sp³-hybridized carbons (Fsp3) is 0.303. The second-order valence-corrected chi connectivity index (χ2v) is 11.1. The van der Waals surface area contributed by atoms with Crippen LogP contribution < -0.4 is 22.1 Å². The number of aromatic nitrogens is 1. The molecule has 0 radical (unpaired) electrons.